The average molecular weight is 467 g/mol. The van der Waals surface area contributed by atoms with Crippen LogP contribution in [0, 0.1) is 3.77 Å². The smallest absolute Gasteiger partial charge is 0.272 e. The van der Waals surface area contributed by atoms with Gasteiger partial charge in [-0.1, -0.05) is 48.5 Å². The number of carbonyl (C=O) groups is 1. The number of nitrogens with one attached hydrogen (secondary N) is 1. The summed E-state index contributed by atoms with van der Waals surface area (Å²) in [6.45, 7) is 0. The summed E-state index contributed by atoms with van der Waals surface area (Å²) in [5, 5.41) is 4.77. The number of nitrogens with zero attached hydrogens (tertiary/aromatic N) is 2. The Labute approximate surface area is 169 Å². The lowest BCUT2D eigenvalue weighted by molar-refractivity contribution is 0.0956. The second-order valence-electron chi connectivity index (χ2n) is 5.78. The Kier molecular flexibility index (Phi) is 4.97. The zero-order valence-electron chi connectivity index (χ0n) is 14.1. The summed E-state index contributed by atoms with van der Waals surface area (Å²) in [4.78, 5) is 17.4. The third-order valence-corrected chi connectivity index (χ3v) is 4.56. The van der Waals surface area contributed by atoms with E-state index >= 15 is 0 Å². The molecule has 0 aliphatic carbocycles. The second kappa shape index (κ2) is 7.71. The SMILES string of the molecule is O=C(N/N=C/c1ccc(I)o1)c1cc(-c2ccccc2)nc2ccccc12. The number of carbonyl (C=O) groups excluding carboxylic acids is 1. The predicted octanol–water partition coefficient (Wildman–Crippen LogP) is 4.86. The van der Waals surface area contributed by atoms with Gasteiger partial charge in [-0.3, -0.25) is 4.79 Å². The molecule has 0 spiro atoms. The minimum absolute atomic E-state index is 0.303. The van der Waals surface area contributed by atoms with E-state index < -0.39 is 0 Å². The standard InChI is InChI=1S/C21H14IN3O2/c22-20-11-10-15(27-20)13-23-25-21(26)17-12-19(14-6-2-1-3-7-14)24-18-9-5-4-8-16(17)18/h1-13H,(H,25,26)/b23-13+. The van der Waals surface area contributed by atoms with Gasteiger partial charge in [-0.25, -0.2) is 10.4 Å². The number of hydrogen-bond acceptors (Lipinski definition) is 4. The highest BCUT2D eigenvalue weighted by Gasteiger charge is 2.13. The number of benzene rings is 2. The quantitative estimate of drug-likeness (QED) is 0.265. The molecule has 4 rings (SSSR count). The molecule has 0 atom stereocenters. The van der Waals surface area contributed by atoms with Gasteiger partial charge in [-0.05, 0) is 46.9 Å². The van der Waals surface area contributed by atoms with Crippen LogP contribution in [0.4, 0.5) is 0 Å². The summed E-state index contributed by atoms with van der Waals surface area (Å²) < 4.78 is 6.15. The van der Waals surface area contributed by atoms with Crippen LogP contribution in [0.2, 0.25) is 0 Å². The highest BCUT2D eigenvalue weighted by Crippen LogP contribution is 2.24. The van der Waals surface area contributed by atoms with Gasteiger partial charge in [-0.15, -0.1) is 0 Å². The molecule has 0 fully saturated rings. The number of aromatic nitrogens is 1. The molecule has 5 nitrogen and oxygen atoms in total. The molecule has 27 heavy (non-hydrogen) atoms. The minimum atomic E-state index is -0.303. The van der Waals surface area contributed by atoms with Gasteiger partial charge in [0.25, 0.3) is 5.91 Å². The van der Waals surface area contributed by atoms with Crippen molar-refractivity contribution in [2.45, 2.75) is 0 Å². The van der Waals surface area contributed by atoms with Crippen LogP contribution in [0.1, 0.15) is 16.1 Å². The summed E-state index contributed by atoms with van der Waals surface area (Å²) in [6, 6.07) is 22.7. The van der Waals surface area contributed by atoms with Gasteiger partial charge in [0.15, 0.2) is 3.77 Å². The molecule has 1 amide bonds. The first kappa shape index (κ1) is 17.4. The van der Waals surface area contributed by atoms with Crippen molar-refractivity contribution in [1.82, 2.24) is 10.4 Å². The molecule has 2 aromatic heterocycles. The Morgan fingerprint density at radius 1 is 1.04 bits per heavy atom. The predicted molar refractivity (Wildman–Crippen MR) is 114 cm³/mol. The molecule has 0 aliphatic rings. The Hall–Kier alpha value is -3.00. The van der Waals surface area contributed by atoms with Crippen molar-refractivity contribution in [2.24, 2.45) is 5.10 Å². The molecule has 2 heterocycles. The molecule has 4 aromatic rings. The van der Waals surface area contributed by atoms with Crippen LogP contribution in [0.5, 0.6) is 0 Å². The van der Waals surface area contributed by atoms with Crippen LogP contribution < -0.4 is 5.43 Å². The van der Waals surface area contributed by atoms with Gasteiger partial charge < -0.3 is 4.42 Å². The molecule has 0 aliphatic heterocycles. The number of furan rings is 1. The van der Waals surface area contributed by atoms with Crippen molar-refractivity contribution in [2.75, 3.05) is 0 Å². The molecule has 0 saturated heterocycles. The number of halogens is 1. The summed E-state index contributed by atoms with van der Waals surface area (Å²) in [5.74, 6) is 0.271. The number of rotatable bonds is 4. The number of hydrogen-bond donors (Lipinski definition) is 1. The van der Waals surface area contributed by atoms with Gasteiger partial charge in [-0.2, -0.15) is 5.10 Å². The van der Waals surface area contributed by atoms with Crippen molar-refractivity contribution in [3.8, 4) is 11.3 Å². The fraction of sp³-hybridized carbons (Fsp3) is 0. The Bertz CT molecular complexity index is 1140. The van der Waals surface area contributed by atoms with E-state index in [0.29, 0.717) is 11.3 Å². The molecule has 0 radical (unpaired) electrons. The van der Waals surface area contributed by atoms with Crippen LogP contribution in [0.15, 0.2) is 82.3 Å². The highest BCUT2D eigenvalue weighted by molar-refractivity contribution is 14.1. The van der Waals surface area contributed by atoms with Crippen LogP contribution in [-0.4, -0.2) is 17.1 Å². The zero-order valence-corrected chi connectivity index (χ0v) is 16.3. The number of amides is 1. The first-order valence-electron chi connectivity index (χ1n) is 8.25. The Morgan fingerprint density at radius 2 is 1.81 bits per heavy atom. The molecular weight excluding hydrogens is 453 g/mol. The van der Waals surface area contributed by atoms with E-state index in [0.717, 1.165) is 25.9 Å². The first-order valence-corrected chi connectivity index (χ1v) is 9.32. The molecule has 6 heteroatoms. The summed E-state index contributed by atoms with van der Waals surface area (Å²) in [7, 11) is 0. The highest BCUT2D eigenvalue weighted by atomic mass is 127. The van der Waals surface area contributed by atoms with Crippen molar-refractivity contribution in [1.29, 1.82) is 0 Å². The first-order chi connectivity index (χ1) is 13.2. The van der Waals surface area contributed by atoms with Crippen LogP contribution in [0.25, 0.3) is 22.2 Å². The fourth-order valence-corrected chi connectivity index (χ4v) is 3.17. The van der Waals surface area contributed by atoms with E-state index in [1.807, 2.05) is 60.7 Å². The molecular formula is C21H14IN3O2. The molecule has 0 saturated carbocycles. The maximum atomic E-state index is 12.8. The van der Waals surface area contributed by atoms with E-state index in [1.54, 1.807) is 12.1 Å². The largest absolute Gasteiger partial charge is 0.449 e. The number of para-hydroxylation sites is 1. The van der Waals surface area contributed by atoms with Crippen molar-refractivity contribution < 1.29 is 9.21 Å². The van der Waals surface area contributed by atoms with Gasteiger partial charge in [0.1, 0.15) is 5.76 Å². The lowest BCUT2D eigenvalue weighted by atomic mass is 10.0. The van der Waals surface area contributed by atoms with Crippen molar-refractivity contribution >= 4 is 45.6 Å². The third-order valence-electron chi connectivity index (χ3n) is 3.98. The van der Waals surface area contributed by atoms with E-state index in [9.17, 15) is 4.79 Å². The molecule has 2 aromatic carbocycles. The normalized spacial score (nSPS) is 11.1. The lowest BCUT2D eigenvalue weighted by Crippen LogP contribution is -2.18. The Balaban J connectivity index is 1.69. The third kappa shape index (κ3) is 3.90. The lowest BCUT2D eigenvalue weighted by Gasteiger charge is -2.08. The van der Waals surface area contributed by atoms with Gasteiger partial charge in [0, 0.05) is 10.9 Å². The Morgan fingerprint density at radius 3 is 2.59 bits per heavy atom. The number of fused-ring (bicyclic) bond motifs is 1. The molecule has 1 N–H and O–H groups in total. The monoisotopic (exact) mass is 467 g/mol. The minimum Gasteiger partial charge on any atom is -0.449 e. The number of hydrazone groups is 1. The maximum absolute atomic E-state index is 12.8. The van der Waals surface area contributed by atoms with Gasteiger partial charge in [0.2, 0.25) is 0 Å². The van der Waals surface area contributed by atoms with E-state index in [-0.39, 0.29) is 5.91 Å². The molecule has 0 unspecified atom stereocenters. The molecule has 0 bridgehead atoms. The summed E-state index contributed by atoms with van der Waals surface area (Å²) in [6.07, 6.45) is 1.47. The molecule has 132 valence electrons. The van der Waals surface area contributed by atoms with E-state index in [4.69, 9.17) is 4.42 Å². The average Bonchev–Trinajstić information content (AvgIpc) is 3.12. The zero-order chi connectivity index (χ0) is 18.6. The van der Waals surface area contributed by atoms with Crippen LogP contribution >= 0.6 is 22.6 Å². The topological polar surface area (TPSA) is 67.5 Å². The van der Waals surface area contributed by atoms with Crippen LogP contribution in [-0.2, 0) is 0 Å². The van der Waals surface area contributed by atoms with Crippen molar-refractivity contribution in [3.63, 3.8) is 0 Å². The number of pyridine rings is 1. The van der Waals surface area contributed by atoms with Gasteiger partial charge in [0.05, 0.1) is 23.0 Å². The summed E-state index contributed by atoms with van der Waals surface area (Å²) >= 11 is 2.07. The second-order valence-corrected chi connectivity index (χ2v) is 6.84. The summed E-state index contributed by atoms with van der Waals surface area (Å²) in [5.41, 5.74) is 5.53. The fourth-order valence-electron chi connectivity index (χ4n) is 2.73. The maximum Gasteiger partial charge on any atom is 0.272 e. The van der Waals surface area contributed by atoms with E-state index in [2.05, 4.69) is 38.1 Å². The van der Waals surface area contributed by atoms with Crippen molar-refractivity contribution in [3.05, 3.63) is 87.9 Å². The van der Waals surface area contributed by atoms with Gasteiger partial charge >= 0.3 is 0 Å². The van der Waals surface area contributed by atoms with E-state index in [1.165, 1.54) is 6.21 Å². The van der Waals surface area contributed by atoms with Crippen LogP contribution in [0.3, 0.4) is 0 Å².